The highest BCUT2D eigenvalue weighted by Gasteiger charge is 2.36. The summed E-state index contributed by atoms with van der Waals surface area (Å²) < 4.78 is 15.1. The van der Waals surface area contributed by atoms with Gasteiger partial charge in [0.2, 0.25) is 0 Å². The first-order valence-electron chi connectivity index (χ1n) is 13.7. The summed E-state index contributed by atoms with van der Waals surface area (Å²) in [5, 5.41) is 8.05. The number of ether oxygens (including phenoxy) is 2. The molecule has 1 aliphatic heterocycles. The van der Waals surface area contributed by atoms with Crippen molar-refractivity contribution in [2.45, 2.75) is 32.9 Å². The van der Waals surface area contributed by atoms with Crippen molar-refractivity contribution in [2.75, 3.05) is 19.5 Å². The van der Waals surface area contributed by atoms with Crippen LogP contribution in [-0.2, 0) is 13.0 Å². The van der Waals surface area contributed by atoms with Gasteiger partial charge in [-0.3, -0.25) is 0 Å². The number of hydrogen-bond donors (Lipinski definition) is 1. The molecule has 208 valence electrons. The zero-order valence-electron chi connectivity index (χ0n) is 23.7. The minimum Gasteiger partial charge on any atom is -0.497 e. The van der Waals surface area contributed by atoms with E-state index in [1.807, 2.05) is 52.9 Å². The molecule has 0 saturated heterocycles. The highest BCUT2D eigenvalue weighted by Crippen LogP contribution is 2.39. The fourth-order valence-corrected chi connectivity index (χ4v) is 5.53. The summed E-state index contributed by atoms with van der Waals surface area (Å²) in [5.74, 6) is 2.10. The van der Waals surface area contributed by atoms with Crippen LogP contribution >= 0.6 is 0 Å². The normalized spacial score (nSPS) is 14.1. The molecular formula is C33H33N5O3. The van der Waals surface area contributed by atoms with Gasteiger partial charge in [0, 0.05) is 17.8 Å². The third-order valence-electron chi connectivity index (χ3n) is 7.70. The van der Waals surface area contributed by atoms with Gasteiger partial charge in [-0.05, 0) is 60.9 Å². The number of methoxy groups -OCH3 is 2. The minimum atomic E-state index is -0.358. The number of hydrogen-bond acceptors (Lipinski definition) is 4. The Morgan fingerprint density at radius 2 is 1.76 bits per heavy atom. The molecule has 0 fully saturated rings. The van der Waals surface area contributed by atoms with Gasteiger partial charge in [-0.15, -0.1) is 0 Å². The number of anilines is 1. The van der Waals surface area contributed by atoms with Crippen molar-refractivity contribution in [1.29, 1.82) is 0 Å². The van der Waals surface area contributed by atoms with Crippen molar-refractivity contribution in [3.63, 3.8) is 0 Å². The molecule has 2 aromatic heterocycles. The van der Waals surface area contributed by atoms with Crippen molar-refractivity contribution in [1.82, 2.24) is 19.2 Å². The average molecular weight is 548 g/mol. The lowest BCUT2D eigenvalue weighted by molar-refractivity contribution is 0.194. The van der Waals surface area contributed by atoms with E-state index in [9.17, 15) is 4.79 Å². The molecule has 1 aliphatic rings. The summed E-state index contributed by atoms with van der Waals surface area (Å²) in [6, 6.07) is 27.5. The Labute approximate surface area is 239 Å². The molecule has 5 aromatic rings. The van der Waals surface area contributed by atoms with Crippen molar-refractivity contribution < 1.29 is 14.3 Å². The average Bonchev–Trinajstić information content (AvgIpc) is 3.57. The molecule has 2 amide bonds. The number of aryl methyl sites for hydroxylation is 2. The van der Waals surface area contributed by atoms with Gasteiger partial charge in [0.1, 0.15) is 17.3 Å². The van der Waals surface area contributed by atoms with Crippen LogP contribution < -0.4 is 14.8 Å². The summed E-state index contributed by atoms with van der Waals surface area (Å²) in [6.07, 6.45) is 2.99. The van der Waals surface area contributed by atoms with Crippen LogP contribution in [0.5, 0.6) is 11.5 Å². The van der Waals surface area contributed by atoms with Gasteiger partial charge in [0.05, 0.1) is 49.6 Å². The number of rotatable bonds is 6. The summed E-state index contributed by atoms with van der Waals surface area (Å²) in [5.41, 5.74) is 6.57. The van der Waals surface area contributed by atoms with E-state index in [2.05, 4.69) is 53.3 Å². The van der Waals surface area contributed by atoms with E-state index in [4.69, 9.17) is 14.6 Å². The quantitative estimate of drug-likeness (QED) is 0.257. The molecule has 1 atom stereocenters. The summed E-state index contributed by atoms with van der Waals surface area (Å²) in [6.45, 7) is 4.49. The Kier molecular flexibility index (Phi) is 6.97. The van der Waals surface area contributed by atoms with Crippen LogP contribution in [-0.4, -0.2) is 39.5 Å². The van der Waals surface area contributed by atoms with Gasteiger partial charge >= 0.3 is 6.03 Å². The Bertz CT molecular complexity index is 1690. The standard InChI is InChI=1S/C33H33N5O3/c1-5-23-13-15-24(16-14-23)31-29-12-9-19-36(29)32-27(22(2)35-38(32)25-10-7-6-8-11-25)21-37(31)33(39)34-28-20-26(40-3)17-18-30(28)41-4/h6-20,31H,5,21H2,1-4H3,(H,34,39)/t31-/m0/s1. The number of carbonyl (C=O) groups excluding carboxylic acids is 1. The van der Waals surface area contributed by atoms with Gasteiger partial charge in [-0.2, -0.15) is 5.10 Å². The van der Waals surface area contributed by atoms with Crippen LogP contribution in [0.3, 0.4) is 0 Å². The number of nitrogens with one attached hydrogen (secondary N) is 1. The number of fused-ring (bicyclic) bond motifs is 3. The predicted octanol–water partition coefficient (Wildman–Crippen LogP) is 6.69. The minimum absolute atomic E-state index is 0.256. The molecule has 0 radical (unpaired) electrons. The molecule has 0 spiro atoms. The zero-order chi connectivity index (χ0) is 28.5. The van der Waals surface area contributed by atoms with Crippen LogP contribution in [0, 0.1) is 6.92 Å². The molecule has 41 heavy (non-hydrogen) atoms. The lowest BCUT2D eigenvalue weighted by atomic mass is 9.99. The third-order valence-corrected chi connectivity index (χ3v) is 7.70. The summed E-state index contributed by atoms with van der Waals surface area (Å²) >= 11 is 0. The monoisotopic (exact) mass is 547 g/mol. The number of benzene rings is 3. The highest BCUT2D eigenvalue weighted by molar-refractivity contribution is 5.92. The number of carbonyl (C=O) groups is 1. The van der Waals surface area contributed by atoms with Crippen LogP contribution in [0.1, 0.15) is 41.0 Å². The van der Waals surface area contributed by atoms with E-state index in [-0.39, 0.29) is 12.1 Å². The number of aromatic nitrogens is 3. The molecule has 0 unspecified atom stereocenters. The van der Waals surface area contributed by atoms with E-state index < -0.39 is 0 Å². The van der Waals surface area contributed by atoms with Crippen molar-refractivity contribution >= 4 is 11.7 Å². The molecule has 6 rings (SSSR count). The predicted molar refractivity (Wildman–Crippen MR) is 159 cm³/mol. The summed E-state index contributed by atoms with van der Waals surface area (Å²) in [4.78, 5) is 16.2. The van der Waals surface area contributed by atoms with Crippen LogP contribution in [0.15, 0.2) is 91.1 Å². The highest BCUT2D eigenvalue weighted by atomic mass is 16.5. The van der Waals surface area contributed by atoms with Crippen molar-refractivity contribution in [2.24, 2.45) is 0 Å². The molecule has 0 bridgehead atoms. The molecular weight excluding hydrogens is 514 g/mol. The maximum atomic E-state index is 14.3. The second-order valence-corrected chi connectivity index (χ2v) is 10.1. The van der Waals surface area contributed by atoms with Gasteiger partial charge in [0.25, 0.3) is 0 Å². The van der Waals surface area contributed by atoms with E-state index in [1.165, 1.54) is 5.56 Å². The van der Waals surface area contributed by atoms with Crippen LogP contribution in [0.2, 0.25) is 0 Å². The first-order valence-corrected chi connectivity index (χ1v) is 13.7. The first-order chi connectivity index (χ1) is 20.0. The maximum Gasteiger partial charge on any atom is 0.323 e. The second kappa shape index (κ2) is 10.9. The summed E-state index contributed by atoms with van der Waals surface area (Å²) in [7, 11) is 3.18. The van der Waals surface area contributed by atoms with Gasteiger partial charge in [0.15, 0.2) is 0 Å². The lowest BCUT2D eigenvalue weighted by Gasteiger charge is -2.31. The fraction of sp³-hybridized carbons (Fsp3) is 0.212. The lowest BCUT2D eigenvalue weighted by Crippen LogP contribution is -2.38. The van der Waals surface area contributed by atoms with Crippen molar-refractivity contribution in [3.8, 4) is 23.0 Å². The number of amides is 2. The third kappa shape index (κ3) is 4.71. The van der Waals surface area contributed by atoms with Crippen molar-refractivity contribution in [3.05, 3.63) is 119 Å². The van der Waals surface area contributed by atoms with E-state index in [0.717, 1.165) is 40.4 Å². The molecule has 3 aromatic carbocycles. The Hall–Kier alpha value is -4.98. The molecule has 0 saturated carbocycles. The molecule has 8 nitrogen and oxygen atoms in total. The smallest absolute Gasteiger partial charge is 0.323 e. The zero-order valence-corrected chi connectivity index (χ0v) is 23.7. The second-order valence-electron chi connectivity index (χ2n) is 10.1. The van der Waals surface area contributed by atoms with E-state index in [0.29, 0.717) is 23.7 Å². The molecule has 8 heteroatoms. The van der Waals surface area contributed by atoms with Gasteiger partial charge in [-0.25, -0.2) is 9.48 Å². The fourth-order valence-electron chi connectivity index (χ4n) is 5.53. The Morgan fingerprint density at radius 3 is 2.46 bits per heavy atom. The Balaban J connectivity index is 1.52. The number of para-hydroxylation sites is 1. The SMILES string of the molecule is CCc1ccc([C@H]2c3cccn3-c3c(c(C)nn3-c3ccccc3)CN2C(=O)Nc2cc(OC)ccc2OC)cc1. The number of urea groups is 1. The van der Waals surface area contributed by atoms with E-state index in [1.54, 1.807) is 32.4 Å². The number of nitrogens with zero attached hydrogens (tertiary/aromatic N) is 4. The molecule has 3 heterocycles. The van der Waals surface area contributed by atoms with Gasteiger partial charge in [-0.1, -0.05) is 49.4 Å². The maximum absolute atomic E-state index is 14.3. The largest absolute Gasteiger partial charge is 0.497 e. The Morgan fingerprint density at radius 1 is 0.976 bits per heavy atom. The first kappa shape index (κ1) is 26.3. The van der Waals surface area contributed by atoms with Crippen LogP contribution in [0.25, 0.3) is 11.5 Å². The molecule has 0 aliphatic carbocycles. The van der Waals surface area contributed by atoms with Gasteiger partial charge < -0.3 is 24.3 Å². The molecule has 1 N–H and O–H groups in total. The van der Waals surface area contributed by atoms with Crippen LogP contribution in [0.4, 0.5) is 10.5 Å². The van der Waals surface area contributed by atoms with E-state index >= 15 is 0 Å². The topological polar surface area (TPSA) is 73.6 Å².